The van der Waals surface area contributed by atoms with Crippen LogP contribution >= 0.6 is 11.6 Å². The van der Waals surface area contributed by atoms with Gasteiger partial charge in [0, 0.05) is 11.7 Å². The smallest absolute Gasteiger partial charge is 0.319 e. The molecule has 0 aromatic heterocycles. The predicted octanol–water partition coefficient (Wildman–Crippen LogP) is 4.43. The molecule has 2 aromatic carbocycles. The highest BCUT2D eigenvalue weighted by Crippen LogP contribution is 2.29. The molecule has 3 N–H and O–H groups in total. The van der Waals surface area contributed by atoms with Crippen molar-refractivity contribution in [3.05, 3.63) is 64.2 Å². The number of amides is 3. The maximum atomic E-state index is 12.5. The number of urea groups is 1. The van der Waals surface area contributed by atoms with Crippen molar-refractivity contribution >= 4 is 29.2 Å². The summed E-state index contributed by atoms with van der Waals surface area (Å²) >= 11 is 6.15. The minimum absolute atomic E-state index is 0.000106. The number of rotatable bonds is 4. The minimum Gasteiger partial charge on any atom is -0.349 e. The third-order valence-electron chi connectivity index (χ3n) is 5.06. The van der Waals surface area contributed by atoms with Crippen molar-refractivity contribution in [2.75, 3.05) is 5.32 Å². The Bertz CT molecular complexity index is 879. The van der Waals surface area contributed by atoms with Gasteiger partial charge in [-0.15, -0.1) is 0 Å². The minimum atomic E-state index is -0.285. The summed E-state index contributed by atoms with van der Waals surface area (Å²) in [6.45, 7) is 0. The molecular weight excluding hydrogens is 362 g/mol. The summed E-state index contributed by atoms with van der Waals surface area (Å²) in [5.41, 5.74) is 3.39. The van der Waals surface area contributed by atoms with Gasteiger partial charge >= 0.3 is 6.03 Å². The van der Waals surface area contributed by atoms with Gasteiger partial charge in [0.25, 0.3) is 5.91 Å². The van der Waals surface area contributed by atoms with Gasteiger partial charge in [-0.05, 0) is 61.4 Å². The Morgan fingerprint density at radius 2 is 1.81 bits per heavy atom. The number of aryl methyl sites for hydroxylation is 1. The van der Waals surface area contributed by atoms with Gasteiger partial charge in [0.2, 0.25) is 0 Å². The third kappa shape index (κ3) is 4.25. The fraction of sp³-hybridized carbons (Fsp3) is 0.333. The Labute approximate surface area is 163 Å². The maximum Gasteiger partial charge on any atom is 0.319 e. The van der Waals surface area contributed by atoms with E-state index in [1.165, 1.54) is 11.1 Å². The number of carbonyl (C=O) groups is 2. The molecule has 0 radical (unpaired) electrons. The van der Waals surface area contributed by atoms with Gasteiger partial charge in [0.1, 0.15) is 0 Å². The SMILES string of the molecule is O=C(Nc1ccc(Cl)c(C(=O)NC2CC2)c1)NC1CCCc2ccccc21. The monoisotopic (exact) mass is 383 g/mol. The largest absolute Gasteiger partial charge is 0.349 e. The molecule has 2 aliphatic carbocycles. The van der Waals surface area contributed by atoms with Crippen LogP contribution in [-0.4, -0.2) is 18.0 Å². The van der Waals surface area contributed by atoms with Crippen molar-refractivity contribution in [1.29, 1.82) is 0 Å². The standard InChI is InChI=1S/C21H22ClN3O2/c22-18-11-10-15(12-17(18)20(26)23-14-8-9-14)24-21(27)25-19-7-3-5-13-4-1-2-6-16(13)19/h1-2,4,6,10-12,14,19H,3,5,7-9H2,(H,23,26)(H2,24,25,27). The average molecular weight is 384 g/mol. The lowest BCUT2D eigenvalue weighted by Gasteiger charge is -2.26. The highest BCUT2D eigenvalue weighted by atomic mass is 35.5. The first kappa shape index (κ1) is 17.9. The number of carbonyl (C=O) groups excluding carboxylic acids is 2. The van der Waals surface area contributed by atoms with Crippen LogP contribution in [0.3, 0.4) is 0 Å². The summed E-state index contributed by atoms with van der Waals surface area (Å²) in [5.74, 6) is -0.201. The van der Waals surface area contributed by atoms with Gasteiger partial charge in [-0.1, -0.05) is 35.9 Å². The first-order valence-corrected chi connectivity index (χ1v) is 9.73. The van der Waals surface area contributed by atoms with Crippen molar-refractivity contribution < 1.29 is 9.59 Å². The molecule has 2 aromatic rings. The van der Waals surface area contributed by atoms with Crippen molar-refractivity contribution in [3.63, 3.8) is 0 Å². The molecule has 0 bridgehead atoms. The molecule has 4 rings (SSSR count). The molecule has 27 heavy (non-hydrogen) atoms. The van der Waals surface area contributed by atoms with Crippen LogP contribution in [0.4, 0.5) is 10.5 Å². The van der Waals surface area contributed by atoms with Crippen LogP contribution in [0.15, 0.2) is 42.5 Å². The van der Waals surface area contributed by atoms with Gasteiger partial charge in [-0.3, -0.25) is 4.79 Å². The summed E-state index contributed by atoms with van der Waals surface area (Å²) in [7, 11) is 0. The fourth-order valence-corrected chi connectivity index (χ4v) is 3.70. The zero-order valence-corrected chi connectivity index (χ0v) is 15.7. The number of hydrogen-bond donors (Lipinski definition) is 3. The Balaban J connectivity index is 1.43. The zero-order chi connectivity index (χ0) is 18.8. The molecule has 2 aliphatic rings. The number of halogens is 1. The van der Waals surface area contributed by atoms with Crippen LogP contribution in [0, 0.1) is 0 Å². The highest BCUT2D eigenvalue weighted by Gasteiger charge is 2.25. The summed E-state index contributed by atoms with van der Waals surface area (Å²) in [4.78, 5) is 24.8. The van der Waals surface area contributed by atoms with Crippen LogP contribution in [0.5, 0.6) is 0 Å². The average Bonchev–Trinajstić information content (AvgIpc) is 3.47. The quantitative estimate of drug-likeness (QED) is 0.730. The van der Waals surface area contributed by atoms with Crippen molar-refractivity contribution in [2.24, 2.45) is 0 Å². The fourth-order valence-electron chi connectivity index (χ4n) is 3.50. The molecule has 1 saturated carbocycles. The first-order chi connectivity index (χ1) is 13.1. The van der Waals surface area contributed by atoms with E-state index in [0.29, 0.717) is 16.3 Å². The van der Waals surface area contributed by atoms with Gasteiger partial charge in [0.05, 0.1) is 16.6 Å². The zero-order valence-electron chi connectivity index (χ0n) is 14.9. The summed E-state index contributed by atoms with van der Waals surface area (Å²) in [6, 6.07) is 13.1. The second kappa shape index (κ2) is 7.61. The maximum absolute atomic E-state index is 12.5. The normalized spacial score (nSPS) is 18.3. The van der Waals surface area contributed by atoms with E-state index in [-0.39, 0.29) is 24.0 Å². The van der Waals surface area contributed by atoms with Crippen molar-refractivity contribution in [2.45, 2.75) is 44.2 Å². The molecule has 0 saturated heterocycles. The van der Waals surface area contributed by atoms with Gasteiger partial charge in [0.15, 0.2) is 0 Å². The predicted molar refractivity (Wildman–Crippen MR) is 106 cm³/mol. The molecule has 0 heterocycles. The Hall–Kier alpha value is -2.53. The number of anilines is 1. The lowest BCUT2D eigenvalue weighted by atomic mass is 9.88. The number of nitrogens with one attached hydrogen (secondary N) is 3. The van der Waals surface area contributed by atoms with E-state index in [2.05, 4.69) is 28.1 Å². The van der Waals surface area contributed by atoms with E-state index in [0.717, 1.165) is 32.1 Å². The second-order valence-corrected chi connectivity index (χ2v) is 7.59. The molecule has 1 atom stereocenters. The first-order valence-electron chi connectivity index (χ1n) is 9.36. The molecule has 5 nitrogen and oxygen atoms in total. The van der Waals surface area contributed by atoms with E-state index in [4.69, 9.17) is 11.6 Å². The van der Waals surface area contributed by atoms with Crippen LogP contribution in [-0.2, 0) is 6.42 Å². The highest BCUT2D eigenvalue weighted by molar-refractivity contribution is 6.34. The molecule has 0 aliphatic heterocycles. The van der Waals surface area contributed by atoms with Crippen molar-refractivity contribution in [3.8, 4) is 0 Å². The van der Waals surface area contributed by atoms with Gasteiger partial charge < -0.3 is 16.0 Å². The van der Waals surface area contributed by atoms with Crippen LogP contribution in [0.1, 0.15) is 53.2 Å². The molecule has 6 heteroatoms. The molecule has 140 valence electrons. The number of hydrogen-bond acceptors (Lipinski definition) is 2. The Kier molecular flexibility index (Phi) is 5.03. The van der Waals surface area contributed by atoms with E-state index in [1.54, 1.807) is 18.2 Å². The van der Waals surface area contributed by atoms with Crippen molar-refractivity contribution in [1.82, 2.24) is 10.6 Å². The van der Waals surface area contributed by atoms with Crippen LogP contribution in [0.2, 0.25) is 5.02 Å². The molecular formula is C21H22ClN3O2. The van der Waals surface area contributed by atoms with E-state index < -0.39 is 0 Å². The van der Waals surface area contributed by atoms with Crippen LogP contribution < -0.4 is 16.0 Å². The topological polar surface area (TPSA) is 70.2 Å². The Morgan fingerprint density at radius 1 is 1.00 bits per heavy atom. The lowest BCUT2D eigenvalue weighted by Crippen LogP contribution is -2.34. The summed E-state index contributed by atoms with van der Waals surface area (Å²) in [5, 5.41) is 9.16. The third-order valence-corrected chi connectivity index (χ3v) is 5.39. The summed E-state index contributed by atoms with van der Waals surface area (Å²) in [6.07, 6.45) is 5.03. The molecule has 3 amide bonds. The number of benzene rings is 2. The lowest BCUT2D eigenvalue weighted by molar-refractivity contribution is 0.0951. The molecule has 0 spiro atoms. The van der Waals surface area contributed by atoms with E-state index in [9.17, 15) is 9.59 Å². The Morgan fingerprint density at radius 3 is 2.63 bits per heavy atom. The van der Waals surface area contributed by atoms with Crippen LogP contribution in [0.25, 0.3) is 0 Å². The number of fused-ring (bicyclic) bond motifs is 1. The van der Waals surface area contributed by atoms with Gasteiger partial charge in [-0.2, -0.15) is 0 Å². The van der Waals surface area contributed by atoms with E-state index >= 15 is 0 Å². The second-order valence-electron chi connectivity index (χ2n) is 7.18. The molecule has 1 fully saturated rings. The summed E-state index contributed by atoms with van der Waals surface area (Å²) < 4.78 is 0. The van der Waals surface area contributed by atoms with E-state index in [1.807, 2.05) is 12.1 Å². The van der Waals surface area contributed by atoms with Gasteiger partial charge in [-0.25, -0.2) is 4.79 Å². The molecule has 1 unspecified atom stereocenters.